The number of likely N-dealkylation sites (tertiary alicyclic amines) is 2. The van der Waals surface area contributed by atoms with Crippen LogP contribution < -0.4 is 0 Å². The van der Waals surface area contributed by atoms with E-state index in [1.807, 2.05) is 11.9 Å². The Hall–Kier alpha value is -0.570. The van der Waals surface area contributed by atoms with Crippen molar-refractivity contribution < 1.29 is 9.28 Å². The smallest absolute Gasteiger partial charge is 0.280 e. The second-order valence-electron chi connectivity index (χ2n) is 5.81. The zero-order chi connectivity index (χ0) is 12.3. The summed E-state index contributed by atoms with van der Waals surface area (Å²) < 4.78 is 1.07. The molecule has 0 spiro atoms. The number of piperidine rings is 1. The van der Waals surface area contributed by atoms with Gasteiger partial charge in [-0.2, -0.15) is 0 Å². The van der Waals surface area contributed by atoms with Gasteiger partial charge in [-0.1, -0.05) is 0 Å². The van der Waals surface area contributed by atoms with Gasteiger partial charge in [0.15, 0.2) is 6.04 Å². The van der Waals surface area contributed by atoms with Crippen LogP contribution in [0.15, 0.2) is 0 Å². The first-order valence-corrected chi connectivity index (χ1v) is 7.30. The SMILES string of the molecule is CC[N+]1(C2CCCCN(C)C2=O)CCCCC1. The van der Waals surface area contributed by atoms with Gasteiger partial charge in [0.05, 0.1) is 19.6 Å². The number of likely N-dealkylation sites (N-methyl/N-ethyl adjacent to an activating group) is 2. The normalized spacial score (nSPS) is 30.1. The van der Waals surface area contributed by atoms with E-state index in [9.17, 15) is 4.79 Å². The largest absolute Gasteiger partial charge is 0.341 e. The Morgan fingerprint density at radius 3 is 2.53 bits per heavy atom. The molecule has 3 heteroatoms. The highest BCUT2D eigenvalue weighted by Gasteiger charge is 2.43. The summed E-state index contributed by atoms with van der Waals surface area (Å²) >= 11 is 0. The molecule has 17 heavy (non-hydrogen) atoms. The van der Waals surface area contributed by atoms with Crippen LogP contribution in [0.2, 0.25) is 0 Å². The minimum atomic E-state index is 0.257. The summed E-state index contributed by atoms with van der Waals surface area (Å²) in [6.45, 7) is 6.80. The summed E-state index contributed by atoms with van der Waals surface area (Å²) in [5.74, 6) is 0.409. The highest BCUT2D eigenvalue weighted by Crippen LogP contribution is 2.28. The molecular formula is C14H27N2O+. The lowest BCUT2D eigenvalue weighted by Gasteiger charge is -2.46. The summed E-state index contributed by atoms with van der Waals surface area (Å²) in [6, 6.07) is 0.257. The number of nitrogens with zero attached hydrogens (tertiary/aromatic N) is 2. The van der Waals surface area contributed by atoms with Gasteiger partial charge in [0.2, 0.25) is 0 Å². The number of hydrogen-bond donors (Lipinski definition) is 0. The Balaban J connectivity index is 2.18. The second kappa shape index (κ2) is 5.38. The van der Waals surface area contributed by atoms with Crippen molar-refractivity contribution in [3.8, 4) is 0 Å². The second-order valence-corrected chi connectivity index (χ2v) is 5.81. The zero-order valence-electron chi connectivity index (χ0n) is 11.5. The van der Waals surface area contributed by atoms with E-state index in [0.717, 1.165) is 24.0 Å². The van der Waals surface area contributed by atoms with Gasteiger partial charge in [-0.15, -0.1) is 0 Å². The van der Waals surface area contributed by atoms with Crippen molar-refractivity contribution in [2.24, 2.45) is 0 Å². The molecule has 0 radical (unpaired) electrons. The van der Waals surface area contributed by atoms with Crippen molar-refractivity contribution in [1.82, 2.24) is 4.90 Å². The average Bonchev–Trinajstić information content (AvgIpc) is 2.54. The van der Waals surface area contributed by atoms with Crippen LogP contribution in [0.3, 0.4) is 0 Å². The molecule has 0 aromatic rings. The van der Waals surface area contributed by atoms with Crippen molar-refractivity contribution in [2.45, 2.75) is 51.5 Å². The van der Waals surface area contributed by atoms with Crippen molar-refractivity contribution >= 4 is 5.91 Å². The zero-order valence-corrected chi connectivity index (χ0v) is 11.5. The maximum atomic E-state index is 12.5. The van der Waals surface area contributed by atoms with Gasteiger partial charge in [0, 0.05) is 20.0 Å². The van der Waals surface area contributed by atoms with Crippen LogP contribution in [0.4, 0.5) is 0 Å². The van der Waals surface area contributed by atoms with E-state index in [1.165, 1.54) is 45.2 Å². The van der Waals surface area contributed by atoms with E-state index in [1.54, 1.807) is 0 Å². The van der Waals surface area contributed by atoms with Gasteiger partial charge in [-0.3, -0.25) is 4.79 Å². The molecule has 2 rings (SSSR count). The van der Waals surface area contributed by atoms with E-state index in [4.69, 9.17) is 0 Å². The van der Waals surface area contributed by atoms with Crippen molar-refractivity contribution in [2.75, 3.05) is 33.2 Å². The predicted molar refractivity (Wildman–Crippen MR) is 69.7 cm³/mol. The fraction of sp³-hybridized carbons (Fsp3) is 0.929. The first kappa shape index (κ1) is 12.9. The molecule has 3 nitrogen and oxygen atoms in total. The van der Waals surface area contributed by atoms with E-state index in [2.05, 4.69) is 6.92 Å². The Labute approximate surface area is 105 Å². The lowest BCUT2D eigenvalue weighted by Crippen LogP contribution is -2.62. The molecule has 0 aliphatic carbocycles. The number of amides is 1. The predicted octanol–water partition coefficient (Wildman–Crippen LogP) is 2.02. The minimum absolute atomic E-state index is 0.257. The maximum Gasteiger partial charge on any atom is 0.280 e. The summed E-state index contributed by atoms with van der Waals surface area (Å²) in [7, 11) is 1.98. The molecule has 2 heterocycles. The lowest BCUT2D eigenvalue weighted by atomic mass is 9.99. The standard InChI is InChI=1S/C14H27N2O/c1-3-16(11-7-4-8-12-16)13-9-5-6-10-15(2)14(13)17/h13H,3-12H2,1-2H3/q+1. The van der Waals surface area contributed by atoms with Crippen LogP contribution >= 0.6 is 0 Å². The highest BCUT2D eigenvalue weighted by molar-refractivity contribution is 5.80. The summed E-state index contributed by atoms with van der Waals surface area (Å²) in [5, 5.41) is 0. The van der Waals surface area contributed by atoms with Gasteiger partial charge in [-0.25, -0.2) is 0 Å². The number of quaternary nitrogens is 1. The van der Waals surface area contributed by atoms with E-state index < -0.39 is 0 Å². The molecule has 0 aromatic carbocycles. The topological polar surface area (TPSA) is 20.3 Å². The molecule has 2 aliphatic heterocycles. The minimum Gasteiger partial charge on any atom is -0.341 e. The van der Waals surface area contributed by atoms with Crippen molar-refractivity contribution in [3.63, 3.8) is 0 Å². The summed E-state index contributed by atoms with van der Waals surface area (Å²) in [6.07, 6.45) is 7.49. The summed E-state index contributed by atoms with van der Waals surface area (Å²) in [5.41, 5.74) is 0. The van der Waals surface area contributed by atoms with Gasteiger partial charge in [-0.05, 0) is 39.0 Å². The third-order valence-electron chi connectivity index (χ3n) is 4.88. The Bertz CT molecular complexity index is 271. The molecule has 2 aliphatic rings. The third-order valence-corrected chi connectivity index (χ3v) is 4.88. The Kier molecular flexibility index (Phi) is 4.08. The van der Waals surface area contributed by atoms with E-state index in [0.29, 0.717) is 5.91 Å². The van der Waals surface area contributed by atoms with Gasteiger partial charge >= 0.3 is 0 Å². The van der Waals surface area contributed by atoms with E-state index >= 15 is 0 Å². The quantitative estimate of drug-likeness (QED) is 0.675. The fourth-order valence-corrected chi connectivity index (χ4v) is 3.67. The van der Waals surface area contributed by atoms with Gasteiger partial charge < -0.3 is 9.38 Å². The van der Waals surface area contributed by atoms with Gasteiger partial charge in [0.1, 0.15) is 0 Å². The molecule has 2 fully saturated rings. The van der Waals surface area contributed by atoms with Crippen LogP contribution in [-0.2, 0) is 4.79 Å². The van der Waals surface area contributed by atoms with Crippen LogP contribution in [-0.4, -0.2) is 54.6 Å². The molecule has 1 atom stereocenters. The Morgan fingerprint density at radius 1 is 1.18 bits per heavy atom. The fourth-order valence-electron chi connectivity index (χ4n) is 3.67. The number of carbonyl (C=O) groups excluding carboxylic acids is 1. The van der Waals surface area contributed by atoms with Crippen LogP contribution in [0.1, 0.15) is 45.4 Å². The molecular weight excluding hydrogens is 212 g/mol. The maximum absolute atomic E-state index is 12.5. The first-order valence-electron chi connectivity index (χ1n) is 7.30. The van der Waals surface area contributed by atoms with Crippen molar-refractivity contribution in [1.29, 1.82) is 0 Å². The summed E-state index contributed by atoms with van der Waals surface area (Å²) in [4.78, 5) is 14.5. The van der Waals surface area contributed by atoms with E-state index in [-0.39, 0.29) is 6.04 Å². The molecule has 0 bridgehead atoms. The molecule has 1 unspecified atom stereocenters. The Morgan fingerprint density at radius 2 is 1.88 bits per heavy atom. The van der Waals surface area contributed by atoms with Crippen LogP contribution in [0.25, 0.3) is 0 Å². The molecule has 0 saturated carbocycles. The molecule has 2 saturated heterocycles. The number of hydrogen-bond acceptors (Lipinski definition) is 1. The average molecular weight is 239 g/mol. The highest BCUT2D eigenvalue weighted by atomic mass is 16.2. The molecule has 1 amide bonds. The monoisotopic (exact) mass is 239 g/mol. The number of carbonyl (C=O) groups is 1. The molecule has 0 aromatic heterocycles. The van der Waals surface area contributed by atoms with Crippen LogP contribution in [0.5, 0.6) is 0 Å². The van der Waals surface area contributed by atoms with Crippen LogP contribution in [0, 0.1) is 0 Å². The van der Waals surface area contributed by atoms with Crippen molar-refractivity contribution in [3.05, 3.63) is 0 Å². The van der Waals surface area contributed by atoms with Gasteiger partial charge in [0.25, 0.3) is 5.91 Å². The third kappa shape index (κ3) is 2.49. The molecule has 0 N–H and O–H groups in total. The lowest BCUT2D eigenvalue weighted by molar-refractivity contribution is -0.945. The number of rotatable bonds is 2. The first-order chi connectivity index (χ1) is 8.19. The molecule has 98 valence electrons.